The van der Waals surface area contributed by atoms with Crippen LogP contribution in [0.2, 0.25) is 0 Å². The first-order chi connectivity index (χ1) is 15.4. The van der Waals surface area contributed by atoms with E-state index in [9.17, 15) is 9.59 Å². The SMILES string of the molecule is Cc1cc(C)c(OCC(=O)Nc2sc3c(c2C(=O)NC[C@@H]2CCCO2)CCCC3)c(C)c1. The minimum atomic E-state index is -0.254. The minimum Gasteiger partial charge on any atom is -0.483 e. The second-order valence-corrected chi connectivity index (χ2v) is 9.93. The summed E-state index contributed by atoms with van der Waals surface area (Å²) in [5.41, 5.74) is 4.90. The number of anilines is 1. The van der Waals surface area contributed by atoms with Crippen LogP contribution in [-0.4, -0.2) is 37.7 Å². The quantitative estimate of drug-likeness (QED) is 0.644. The van der Waals surface area contributed by atoms with Crippen LogP contribution >= 0.6 is 11.3 Å². The summed E-state index contributed by atoms with van der Waals surface area (Å²) in [5, 5.41) is 6.62. The molecule has 2 aliphatic rings. The number of ether oxygens (including phenoxy) is 2. The first kappa shape index (κ1) is 22.8. The van der Waals surface area contributed by atoms with Gasteiger partial charge in [-0.05, 0) is 76.0 Å². The predicted molar refractivity (Wildman–Crippen MR) is 127 cm³/mol. The fourth-order valence-corrected chi connectivity index (χ4v) is 5.99. The molecule has 1 aliphatic heterocycles. The third kappa shape index (κ3) is 5.15. The molecule has 1 aromatic carbocycles. The second kappa shape index (κ2) is 10.0. The molecule has 4 rings (SSSR count). The monoisotopic (exact) mass is 456 g/mol. The zero-order valence-electron chi connectivity index (χ0n) is 19.1. The number of rotatable bonds is 7. The van der Waals surface area contributed by atoms with E-state index in [2.05, 4.69) is 10.6 Å². The van der Waals surface area contributed by atoms with E-state index in [-0.39, 0.29) is 24.5 Å². The lowest BCUT2D eigenvalue weighted by Gasteiger charge is -2.15. The van der Waals surface area contributed by atoms with E-state index >= 15 is 0 Å². The summed E-state index contributed by atoms with van der Waals surface area (Å²) in [5.74, 6) is 0.364. The third-order valence-electron chi connectivity index (χ3n) is 6.12. The Labute approximate surface area is 193 Å². The Morgan fingerprint density at radius 3 is 2.59 bits per heavy atom. The van der Waals surface area contributed by atoms with Crippen molar-refractivity contribution in [1.82, 2.24) is 5.32 Å². The molecule has 7 heteroatoms. The van der Waals surface area contributed by atoms with Gasteiger partial charge in [-0.15, -0.1) is 11.3 Å². The van der Waals surface area contributed by atoms with Crippen LogP contribution in [0.1, 0.15) is 63.2 Å². The van der Waals surface area contributed by atoms with Crippen LogP contribution in [0.15, 0.2) is 12.1 Å². The Kier molecular flexibility index (Phi) is 7.16. The van der Waals surface area contributed by atoms with Crippen LogP contribution in [0, 0.1) is 20.8 Å². The Morgan fingerprint density at radius 2 is 1.88 bits per heavy atom. The highest BCUT2D eigenvalue weighted by Gasteiger charge is 2.27. The van der Waals surface area contributed by atoms with Gasteiger partial charge in [-0.25, -0.2) is 0 Å². The fraction of sp³-hybridized carbons (Fsp3) is 0.520. The van der Waals surface area contributed by atoms with Crippen LogP contribution < -0.4 is 15.4 Å². The number of hydrogen-bond donors (Lipinski definition) is 2. The third-order valence-corrected chi connectivity index (χ3v) is 7.33. The normalized spacial score (nSPS) is 17.7. The lowest BCUT2D eigenvalue weighted by molar-refractivity contribution is -0.118. The molecule has 2 heterocycles. The standard InChI is InChI=1S/C25H32N2O4S/c1-15-11-16(2)23(17(3)12-15)31-14-21(28)27-25-22(19-8-4-5-9-20(19)32-25)24(29)26-13-18-7-6-10-30-18/h11-12,18H,4-10,13-14H2,1-3H3,(H,26,29)(H,27,28)/t18-/m0/s1. The van der Waals surface area contributed by atoms with Crippen molar-refractivity contribution in [2.24, 2.45) is 0 Å². The highest BCUT2D eigenvalue weighted by atomic mass is 32.1. The van der Waals surface area contributed by atoms with Crippen LogP contribution in [0.3, 0.4) is 0 Å². The number of fused-ring (bicyclic) bond motifs is 1. The van der Waals surface area contributed by atoms with E-state index in [1.807, 2.05) is 32.9 Å². The Morgan fingerprint density at radius 1 is 1.12 bits per heavy atom. The summed E-state index contributed by atoms with van der Waals surface area (Å²) in [6.07, 6.45) is 6.12. The van der Waals surface area contributed by atoms with Crippen molar-refractivity contribution in [3.63, 3.8) is 0 Å². The largest absolute Gasteiger partial charge is 0.483 e. The highest BCUT2D eigenvalue weighted by Crippen LogP contribution is 2.38. The first-order valence-electron chi connectivity index (χ1n) is 11.5. The number of carbonyl (C=O) groups is 2. The summed E-state index contributed by atoms with van der Waals surface area (Å²) >= 11 is 1.53. The molecule has 2 N–H and O–H groups in total. The smallest absolute Gasteiger partial charge is 0.262 e. The fourth-order valence-electron chi connectivity index (χ4n) is 4.69. The van der Waals surface area contributed by atoms with Gasteiger partial charge in [0.2, 0.25) is 0 Å². The van der Waals surface area contributed by atoms with Gasteiger partial charge in [-0.3, -0.25) is 9.59 Å². The van der Waals surface area contributed by atoms with E-state index in [0.717, 1.165) is 67.6 Å². The van der Waals surface area contributed by atoms with E-state index in [1.54, 1.807) is 0 Å². The van der Waals surface area contributed by atoms with Crippen molar-refractivity contribution in [1.29, 1.82) is 0 Å². The maximum atomic E-state index is 13.1. The van der Waals surface area contributed by atoms with Crippen LogP contribution in [-0.2, 0) is 22.4 Å². The van der Waals surface area contributed by atoms with Gasteiger partial charge in [-0.1, -0.05) is 17.7 Å². The molecule has 0 saturated carbocycles. The second-order valence-electron chi connectivity index (χ2n) is 8.82. The van der Waals surface area contributed by atoms with Gasteiger partial charge >= 0.3 is 0 Å². The number of amides is 2. The van der Waals surface area contributed by atoms with Crippen LogP contribution in [0.5, 0.6) is 5.75 Å². The molecule has 1 atom stereocenters. The Hall–Kier alpha value is -2.38. The van der Waals surface area contributed by atoms with Gasteiger partial charge in [0.05, 0.1) is 11.7 Å². The Balaban J connectivity index is 1.46. The highest BCUT2D eigenvalue weighted by molar-refractivity contribution is 7.17. The molecule has 1 aliphatic carbocycles. The summed E-state index contributed by atoms with van der Waals surface area (Å²) in [6.45, 7) is 7.18. The molecular weight excluding hydrogens is 424 g/mol. The van der Waals surface area contributed by atoms with Crippen molar-refractivity contribution in [2.45, 2.75) is 65.4 Å². The average molecular weight is 457 g/mol. The van der Waals surface area contributed by atoms with Gasteiger partial charge in [0.15, 0.2) is 6.61 Å². The summed E-state index contributed by atoms with van der Waals surface area (Å²) in [4.78, 5) is 27.1. The minimum absolute atomic E-state index is 0.0841. The van der Waals surface area contributed by atoms with Gasteiger partial charge < -0.3 is 20.1 Å². The maximum Gasteiger partial charge on any atom is 0.262 e. The number of thiophene rings is 1. The molecule has 1 saturated heterocycles. The van der Waals surface area contributed by atoms with E-state index in [0.29, 0.717) is 17.1 Å². The molecule has 0 spiro atoms. The van der Waals surface area contributed by atoms with E-state index in [4.69, 9.17) is 9.47 Å². The first-order valence-corrected chi connectivity index (χ1v) is 12.3. The lowest BCUT2D eigenvalue weighted by Crippen LogP contribution is -2.33. The van der Waals surface area contributed by atoms with E-state index in [1.165, 1.54) is 21.8 Å². The van der Waals surface area contributed by atoms with Crippen molar-refractivity contribution >= 4 is 28.2 Å². The van der Waals surface area contributed by atoms with Crippen molar-refractivity contribution in [3.05, 3.63) is 44.8 Å². The number of nitrogens with one attached hydrogen (secondary N) is 2. The molecule has 2 amide bonds. The molecule has 2 aromatic rings. The van der Waals surface area contributed by atoms with Gasteiger partial charge in [0.1, 0.15) is 10.8 Å². The van der Waals surface area contributed by atoms with Crippen molar-refractivity contribution in [3.8, 4) is 5.75 Å². The molecule has 6 nitrogen and oxygen atoms in total. The summed E-state index contributed by atoms with van der Waals surface area (Å²) < 4.78 is 11.5. The Bertz CT molecular complexity index is 985. The maximum absolute atomic E-state index is 13.1. The van der Waals surface area contributed by atoms with Crippen LogP contribution in [0.25, 0.3) is 0 Å². The molecule has 0 bridgehead atoms. The molecular formula is C25H32N2O4S. The van der Waals surface area contributed by atoms with Crippen molar-refractivity contribution < 1.29 is 19.1 Å². The zero-order valence-corrected chi connectivity index (χ0v) is 20.0. The number of aryl methyl sites for hydroxylation is 4. The zero-order chi connectivity index (χ0) is 22.7. The number of benzene rings is 1. The molecule has 172 valence electrons. The average Bonchev–Trinajstić information content (AvgIpc) is 3.38. The van der Waals surface area contributed by atoms with Gasteiger partial charge in [0, 0.05) is 18.0 Å². The number of carbonyl (C=O) groups excluding carboxylic acids is 2. The molecule has 1 aromatic heterocycles. The summed E-state index contributed by atoms with van der Waals surface area (Å²) in [6, 6.07) is 4.09. The van der Waals surface area contributed by atoms with Gasteiger partial charge in [-0.2, -0.15) is 0 Å². The molecule has 0 unspecified atom stereocenters. The van der Waals surface area contributed by atoms with Crippen LogP contribution in [0.4, 0.5) is 5.00 Å². The lowest BCUT2D eigenvalue weighted by atomic mass is 9.95. The van der Waals surface area contributed by atoms with Gasteiger partial charge in [0.25, 0.3) is 11.8 Å². The predicted octanol–water partition coefficient (Wildman–Crippen LogP) is 4.48. The topological polar surface area (TPSA) is 76.7 Å². The number of hydrogen-bond acceptors (Lipinski definition) is 5. The van der Waals surface area contributed by atoms with E-state index < -0.39 is 0 Å². The van der Waals surface area contributed by atoms with Crippen molar-refractivity contribution in [2.75, 3.05) is 25.1 Å². The molecule has 0 radical (unpaired) electrons. The molecule has 32 heavy (non-hydrogen) atoms. The summed E-state index contributed by atoms with van der Waals surface area (Å²) in [7, 11) is 0. The molecule has 1 fully saturated rings.